The second-order valence-electron chi connectivity index (χ2n) is 6.02. The Morgan fingerprint density at radius 3 is 2.56 bits per heavy atom. The SMILES string of the molecule is Cc1csc(Nc2ccc(NC(=O)c3ccnc(C4CC4)n3)cc2)n1. The van der Waals surface area contributed by atoms with Gasteiger partial charge < -0.3 is 10.6 Å². The van der Waals surface area contributed by atoms with Crippen LogP contribution in [-0.2, 0) is 0 Å². The van der Waals surface area contributed by atoms with Gasteiger partial charge in [0.2, 0.25) is 0 Å². The van der Waals surface area contributed by atoms with Gasteiger partial charge in [-0.15, -0.1) is 11.3 Å². The van der Waals surface area contributed by atoms with E-state index in [1.165, 1.54) is 0 Å². The highest BCUT2D eigenvalue weighted by molar-refractivity contribution is 7.13. The molecule has 2 N–H and O–H groups in total. The van der Waals surface area contributed by atoms with Crippen molar-refractivity contribution in [3.8, 4) is 0 Å². The lowest BCUT2D eigenvalue weighted by molar-refractivity contribution is 0.102. The van der Waals surface area contributed by atoms with Crippen LogP contribution in [0.25, 0.3) is 0 Å². The van der Waals surface area contributed by atoms with Crippen LogP contribution in [0.2, 0.25) is 0 Å². The van der Waals surface area contributed by atoms with Gasteiger partial charge in [-0.2, -0.15) is 0 Å². The molecule has 2 aromatic heterocycles. The second kappa shape index (κ2) is 6.60. The predicted octanol–water partition coefficient (Wildman–Crippen LogP) is 4.11. The van der Waals surface area contributed by atoms with Gasteiger partial charge in [-0.05, 0) is 50.1 Å². The lowest BCUT2D eigenvalue weighted by Gasteiger charge is -2.07. The van der Waals surface area contributed by atoms with E-state index in [1.54, 1.807) is 23.6 Å². The van der Waals surface area contributed by atoms with Crippen molar-refractivity contribution in [3.05, 3.63) is 59.1 Å². The van der Waals surface area contributed by atoms with Gasteiger partial charge in [0.15, 0.2) is 5.13 Å². The molecule has 0 atom stereocenters. The molecule has 0 bridgehead atoms. The number of carbonyl (C=O) groups is 1. The molecule has 1 fully saturated rings. The third kappa shape index (κ3) is 3.83. The smallest absolute Gasteiger partial charge is 0.274 e. The maximum atomic E-state index is 12.4. The van der Waals surface area contributed by atoms with Gasteiger partial charge in [0, 0.05) is 28.9 Å². The Kier molecular flexibility index (Phi) is 4.15. The molecule has 3 aromatic rings. The molecule has 0 radical (unpaired) electrons. The zero-order valence-corrected chi connectivity index (χ0v) is 14.5. The lowest BCUT2D eigenvalue weighted by Crippen LogP contribution is -2.14. The number of aromatic nitrogens is 3. The summed E-state index contributed by atoms with van der Waals surface area (Å²) < 4.78 is 0. The number of hydrogen-bond acceptors (Lipinski definition) is 6. The minimum atomic E-state index is -0.222. The molecule has 1 aromatic carbocycles. The van der Waals surface area contributed by atoms with Gasteiger partial charge in [-0.1, -0.05) is 0 Å². The summed E-state index contributed by atoms with van der Waals surface area (Å²) in [5.74, 6) is 0.971. The first kappa shape index (κ1) is 15.7. The molecule has 25 heavy (non-hydrogen) atoms. The Hall–Kier alpha value is -2.80. The van der Waals surface area contributed by atoms with Crippen LogP contribution >= 0.6 is 11.3 Å². The van der Waals surface area contributed by atoms with Crippen LogP contribution in [-0.4, -0.2) is 20.9 Å². The van der Waals surface area contributed by atoms with Crippen LogP contribution in [0.4, 0.5) is 16.5 Å². The van der Waals surface area contributed by atoms with Crippen molar-refractivity contribution < 1.29 is 4.79 Å². The first-order valence-electron chi connectivity index (χ1n) is 8.11. The fraction of sp³-hybridized carbons (Fsp3) is 0.222. The number of hydrogen-bond donors (Lipinski definition) is 2. The highest BCUT2D eigenvalue weighted by atomic mass is 32.1. The lowest BCUT2D eigenvalue weighted by atomic mass is 10.2. The van der Waals surface area contributed by atoms with Gasteiger partial charge >= 0.3 is 0 Å². The summed E-state index contributed by atoms with van der Waals surface area (Å²) in [7, 11) is 0. The number of thiazole rings is 1. The van der Waals surface area contributed by atoms with Crippen LogP contribution in [0, 0.1) is 6.92 Å². The summed E-state index contributed by atoms with van der Waals surface area (Å²) in [5, 5.41) is 8.95. The van der Waals surface area contributed by atoms with Crippen molar-refractivity contribution in [3.63, 3.8) is 0 Å². The highest BCUT2D eigenvalue weighted by Gasteiger charge is 2.27. The number of carbonyl (C=O) groups excluding carboxylic acids is 1. The molecule has 7 heteroatoms. The largest absolute Gasteiger partial charge is 0.332 e. The van der Waals surface area contributed by atoms with E-state index in [4.69, 9.17) is 0 Å². The molecule has 1 amide bonds. The monoisotopic (exact) mass is 351 g/mol. The van der Waals surface area contributed by atoms with Gasteiger partial charge in [-0.3, -0.25) is 4.79 Å². The Morgan fingerprint density at radius 2 is 1.88 bits per heavy atom. The molecular formula is C18H17N5OS. The van der Waals surface area contributed by atoms with E-state index in [0.29, 0.717) is 11.6 Å². The second-order valence-corrected chi connectivity index (χ2v) is 6.88. The molecule has 6 nitrogen and oxygen atoms in total. The van der Waals surface area contributed by atoms with E-state index in [2.05, 4.69) is 25.6 Å². The van der Waals surface area contributed by atoms with Crippen LogP contribution in [0.1, 0.15) is 40.8 Å². The standard InChI is InChI=1S/C18H17N5OS/c1-11-10-25-18(20-11)22-14-6-4-13(5-7-14)21-17(24)15-8-9-19-16(23-15)12-2-3-12/h4-10,12H,2-3H2,1H3,(H,20,22)(H,21,24). The fourth-order valence-electron chi connectivity index (χ4n) is 2.41. The zero-order chi connectivity index (χ0) is 17.2. The van der Waals surface area contributed by atoms with E-state index in [1.807, 2.05) is 36.6 Å². The summed E-state index contributed by atoms with van der Waals surface area (Å²) in [6.07, 6.45) is 3.87. The summed E-state index contributed by atoms with van der Waals surface area (Å²) in [4.78, 5) is 25.3. The van der Waals surface area contributed by atoms with Gasteiger partial charge in [-0.25, -0.2) is 15.0 Å². The maximum absolute atomic E-state index is 12.4. The van der Waals surface area contributed by atoms with Crippen molar-refractivity contribution in [1.82, 2.24) is 15.0 Å². The fourth-order valence-corrected chi connectivity index (χ4v) is 3.11. The molecule has 1 aliphatic rings. The molecule has 0 unspecified atom stereocenters. The van der Waals surface area contributed by atoms with E-state index < -0.39 is 0 Å². The maximum Gasteiger partial charge on any atom is 0.274 e. The molecule has 0 aliphatic heterocycles. The molecule has 0 spiro atoms. The normalized spacial score (nSPS) is 13.5. The van der Waals surface area contributed by atoms with Crippen molar-refractivity contribution in [2.24, 2.45) is 0 Å². The molecular weight excluding hydrogens is 334 g/mol. The minimum absolute atomic E-state index is 0.222. The van der Waals surface area contributed by atoms with Crippen molar-refractivity contribution >= 4 is 33.8 Å². The van der Waals surface area contributed by atoms with Gasteiger partial charge in [0.25, 0.3) is 5.91 Å². The van der Waals surface area contributed by atoms with Gasteiger partial charge in [0.1, 0.15) is 11.5 Å². The number of nitrogens with one attached hydrogen (secondary N) is 2. The van der Waals surface area contributed by atoms with Crippen LogP contribution in [0.3, 0.4) is 0 Å². The third-order valence-corrected chi connectivity index (χ3v) is 4.74. The summed E-state index contributed by atoms with van der Waals surface area (Å²) in [6, 6.07) is 9.15. The van der Waals surface area contributed by atoms with Crippen molar-refractivity contribution in [2.45, 2.75) is 25.7 Å². The van der Waals surface area contributed by atoms with E-state index >= 15 is 0 Å². The summed E-state index contributed by atoms with van der Waals surface area (Å²) in [6.45, 7) is 1.96. The molecule has 0 saturated heterocycles. The van der Waals surface area contributed by atoms with E-state index in [0.717, 1.165) is 40.9 Å². The van der Waals surface area contributed by atoms with E-state index in [-0.39, 0.29) is 5.91 Å². The number of aryl methyl sites for hydroxylation is 1. The minimum Gasteiger partial charge on any atom is -0.332 e. The zero-order valence-electron chi connectivity index (χ0n) is 13.7. The first-order chi connectivity index (χ1) is 12.2. The van der Waals surface area contributed by atoms with Crippen LogP contribution in [0.5, 0.6) is 0 Å². The molecule has 1 saturated carbocycles. The van der Waals surface area contributed by atoms with Gasteiger partial charge in [0.05, 0.1) is 5.69 Å². The predicted molar refractivity (Wildman–Crippen MR) is 98.5 cm³/mol. The number of amides is 1. The average molecular weight is 351 g/mol. The average Bonchev–Trinajstić information content (AvgIpc) is 3.40. The highest BCUT2D eigenvalue weighted by Crippen LogP contribution is 2.37. The topological polar surface area (TPSA) is 79.8 Å². The summed E-state index contributed by atoms with van der Waals surface area (Å²) in [5.41, 5.74) is 3.03. The van der Waals surface area contributed by atoms with E-state index in [9.17, 15) is 4.79 Å². The van der Waals surface area contributed by atoms with Crippen LogP contribution < -0.4 is 10.6 Å². The third-order valence-electron chi connectivity index (χ3n) is 3.86. The number of nitrogens with zero attached hydrogens (tertiary/aromatic N) is 3. The van der Waals surface area contributed by atoms with Crippen molar-refractivity contribution in [1.29, 1.82) is 0 Å². The molecule has 2 heterocycles. The molecule has 126 valence electrons. The number of benzene rings is 1. The molecule has 1 aliphatic carbocycles. The van der Waals surface area contributed by atoms with Crippen LogP contribution in [0.15, 0.2) is 41.9 Å². The Morgan fingerprint density at radius 1 is 1.12 bits per heavy atom. The first-order valence-corrected chi connectivity index (χ1v) is 8.99. The van der Waals surface area contributed by atoms with Crippen molar-refractivity contribution in [2.75, 3.05) is 10.6 Å². The number of rotatable bonds is 5. The Bertz CT molecular complexity index is 902. The Labute approximate surface area is 149 Å². The Balaban J connectivity index is 1.42. The number of anilines is 3. The molecule has 4 rings (SSSR count). The quantitative estimate of drug-likeness (QED) is 0.723. The summed E-state index contributed by atoms with van der Waals surface area (Å²) >= 11 is 1.56.